The number of hydrogen-bond acceptors (Lipinski definition) is 5. The maximum atomic E-state index is 11.9. The summed E-state index contributed by atoms with van der Waals surface area (Å²) < 4.78 is 0. The second kappa shape index (κ2) is 7.24. The summed E-state index contributed by atoms with van der Waals surface area (Å²) >= 11 is 0. The number of nitrogens with one attached hydrogen (secondary N) is 1. The molecule has 1 aromatic rings. The Morgan fingerprint density at radius 2 is 1.90 bits per heavy atom. The first kappa shape index (κ1) is 17.2. The molecule has 0 aliphatic carbocycles. The summed E-state index contributed by atoms with van der Waals surface area (Å²) in [4.78, 5) is 22.4. The summed E-state index contributed by atoms with van der Waals surface area (Å²) in [6.07, 6.45) is 0.441. The molecule has 3 N–H and O–H groups in total. The third-order valence-electron chi connectivity index (χ3n) is 3.18. The maximum absolute atomic E-state index is 11.9. The molecule has 21 heavy (non-hydrogen) atoms. The van der Waals surface area contributed by atoms with Gasteiger partial charge in [-0.3, -0.25) is 4.79 Å². The Balaban J connectivity index is 2.64. The highest BCUT2D eigenvalue weighted by Gasteiger charge is 2.18. The summed E-state index contributed by atoms with van der Waals surface area (Å²) in [5.41, 5.74) is 5.65. The Morgan fingerprint density at radius 1 is 1.29 bits per heavy atom. The van der Waals surface area contributed by atoms with E-state index in [0.717, 1.165) is 13.1 Å². The minimum Gasteiger partial charge on any atom is -0.384 e. The summed E-state index contributed by atoms with van der Waals surface area (Å²) in [7, 11) is 0. The van der Waals surface area contributed by atoms with E-state index in [1.807, 2.05) is 39.5 Å². The predicted octanol–water partition coefficient (Wildman–Crippen LogP) is 2.03. The summed E-state index contributed by atoms with van der Waals surface area (Å²) in [6.45, 7) is 12.1. The van der Waals surface area contributed by atoms with Crippen LogP contribution in [-0.4, -0.2) is 40.4 Å². The summed E-state index contributed by atoms with van der Waals surface area (Å²) in [5.74, 6) is 1.94. The van der Waals surface area contributed by atoms with Gasteiger partial charge in [-0.15, -0.1) is 0 Å². The Hall–Kier alpha value is -1.85. The quantitative estimate of drug-likeness (QED) is 0.838. The molecule has 0 saturated carbocycles. The van der Waals surface area contributed by atoms with E-state index in [-0.39, 0.29) is 11.3 Å². The summed E-state index contributed by atoms with van der Waals surface area (Å²) in [5, 5.41) is 3.15. The standard InChI is InChI=1S/C15H27N5O/c1-6-20(7-2)13(21)8-9-17-12-10-11(16)18-14(19-12)15(3,4)5/h10H,6-9H2,1-5H3,(H3,16,17,18,19). The zero-order valence-corrected chi connectivity index (χ0v) is 13.7. The van der Waals surface area contributed by atoms with Gasteiger partial charge in [0.05, 0.1) is 0 Å². The van der Waals surface area contributed by atoms with Gasteiger partial charge in [-0.2, -0.15) is 0 Å². The number of nitrogen functional groups attached to an aromatic ring is 1. The highest BCUT2D eigenvalue weighted by atomic mass is 16.2. The lowest BCUT2D eigenvalue weighted by atomic mass is 9.96. The van der Waals surface area contributed by atoms with Crippen LogP contribution in [0, 0.1) is 0 Å². The van der Waals surface area contributed by atoms with E-state index in [2.05, 4.69) is 15.3 Å². The van der Waals surface area contributed by atoms with E-state index in [0.29, 0.717) is 30.4 Å². The van der Waals surface area contributed by atoms with Gasteiger partial charge in [0.25, 0.3) is 0 Å². The molecular weight excluding hydrogens is 266 g/mol. The van der Waals surface area contributed by atoms with Crippen molar-refractivity contribution in [2.75, 3.05) is 30.7 Å². The van der Waals surface area contributed by atoms with Crippen molar-refractivity contribution in [3.05, 3.63) is 11.9 Å². The van der Waals surface area contributed by atoms with Crippen LogP contribution >= 0.6 is 0 Å². The maximum Gasteiger partial charge on any atom is 0.224 e. The van der Waals surface area contributed by atoms with E-state index in [1.165, 1.54) is 0 Å². The third-order valence-corrected chi connectivity index (χ3v) is 3.18. The van der Waals surface area contributed by atoms with Crippen LogP contribution in [0.15, 0.2) is 6.07 Å². The zero-order valence-electron chi connectivity index (χ0n) is 13.7. The molecule has 0 fully saturated rings. The average Bonchev–Trinajstić information content (AvgIpc) is 2.38. The number of rotatable bonds is 6. The lowest BCUT2D eigenvalue weighted by molar-refractivity contribution is -0.130. The molecule has 1 rings (SSSR count). The van der Waals surface area contributed by atoms with Gasteiger partial charge in [0, 0.05) is 37.5 Å². The van der Waals surface area contributed by atoms with Gasteiger partial charge in [0.2, 0.25) is 5.91 Å². The van der Waals surface area contributed by atoms with Crippen LogP contribution in [0.1, 0.15) is 46.9 Å². The molecule has 0 spiro atoms. The minimum atomic E-state index is -0.164. The topological polar surface area (TPSA) is 84.1 Å². The van der Waals surface area contributed by atoms with Crippen LogP contribution in [0.4, 0.5) is 11.6 Å². The molecular formula is C15H27N5O. The first-order chi connectivity index (χ1) is 9.77. The number of amides is 1. The van der Waals surface area contributed by atoms with Crippen molar-refractivity contribution in [1.29, 1.82) is 0 Å². The zero-order chi connectivity index (χ0) is 16.0. The van der Waals surface area contributed by atoms with Gasteiger partial charge in [-0.1, -0.05) is 20.8 Å². The van der Waals surface area contributed by atoms with Crippen LogP contribution in [0.3, 0.4) is 0 Å². The number of nitrogens with zero attached hydrogens (tertiary/aromatic N) is 3. The van der Waals surface area contributed by atoms with E-state index in [9.17, 15) is 4.79 Å². The second-order valence-corrected chi connectivity index (χ2v) is 5.99. The van der Waals surface area contributed by atoms with Gasteiger partial charge in [-0.25, -0.2) is 9.97 Å². The van der Waals surface area contributed by atoms with Crippen molar-refractivity contribution in [3.8, 4) is 0 Å². The van der Waals surface area contributed by atoms with Gasteiger partial charge in [0.15, 0.2) is 0 Å². The fourth-order valence-corrected chi connectivity index (χ4v) is 1.92. The van der Waals surface area contributed by atoms with Crippen LogP contribution in [0.25, 0.3) is 0 Å². The fourth-order valence-electron chi connectivity index (χ4n) is 1.92. The van der Waals surface area contributed by atoms with E-state index in [4.69, 9.17) is 5.73 Å². The summed E-state index contributed by atoms with van der Waals surface area (Å²) in [6, 6.07) is 1.69. The molecule has 0 radical (unpaired) electrons. The molecule has 0 aliphatic heterocycles. The van der Waals surface area contributed by atoms with Gasteiger partial charge < -0.3 is 16.0 Å². The molecule has 0 aliphatic rings. The molecule has 0 saturated heterocycles. The SMILES string of the molecule is CCN(CC)C(=O)CCNc1cc(N)nc(C(C)(C)C)n1. The number of hydrogen-bond donors (Lipinski definition) is 2. The van der Waals surface area contributed by atoms with Crippen LogP contribution in [0.2, 0.25) is 0 Å². The molecule has 1 amide bonds. The van der Waals surface area contributed by atoms with E-state index >= 15 is 0 Å². The van der Waals surface area contributed by atoms with Crippen molar-refractivity contribution in [2.24, 2.45) is 0 Å². The molecule has 118 valence electrons. The largest absolute Gasteiger partial charge is 0.384 e. The van der Waals surface area contributed by atoms with Crippen molar-refractivity contribution >= 4 is 17.5 Å². The number of aromatic nitrogens is 2. The second-order valence-electron chi connectivity index (χ2n) is 5.99. The molecule has 6 nitrogen and oxygen atoms in total. The van der Waals surface area contributed by atoms with Crippen LogP contribution in [-0.2, 0) is 10.2 Å². The smallest absolute Gasteiger partial charge is 0.224 e. The molecule has 1 aromatic heterocycles. The minimum absolute atomic E-state index is 0.144. The van der Waals surface area contributed by atoms with Gasteiger partial charge >= 0.3 is 0 Å². The monoisotopic (exact) mass is 293 g/mol. The molecule has 0 unspecified atom stereocenters. The Morgan fingerprint density at radius 3 is 2.43 bits per heavy atom. The van der Waals surface area contributed by atoms with Gasteiger partial charge in [0.1, 0.15) is 17.5 Å². The van der Waals surface area contributed by atoms with E-state index < -0.39 is 0 Å². The Bertz CT molecular complexity index is 477. The van der Waals surface area contributed by atoms with Gasteiger partial charge in [-0.05, 0) is 13.8 Å². The van der Waals surface area contributed by atoms with Crippen LogP contribution in [0.5, 0.6) is 0 Å². The number of anilines is 2. The number of carbonyl (C=O) groups is 1. The van der Waals surface area contributed by atoms with E-state index in [1.54, 1.807) is 6.07 Å². The highest BCUT2D eigenvalue weighted by molar-refractivity contribution is 5.76. The normalized spacial score (nSPS) is 11.3. The first-order valence-corrected chi connectivity index (χ1v) is 7.44. The van der Waals surface area contributed by atoms with Crippen molar-refractivity contribution in [3.63, 3.8) is 0 Å². The van der Waals surface area contributed by atoms with Crippen molar-refractivity contribution in [2.45, 2.75) is 46.5 Å². The molecule has 0 atom stereocenters. The lowest BCUT2D eigenvalue weighted by Crippen LogP contribution is -2.31. The Kier molecular flexibility index (Phi) is 5.93. The lowest BCUT2D eigenvalue weighted by Gasteiger charge is -2.19. The fraction of sp³-hybridized carbons (Fsp3) is 0.667. The van der Waals surface area contributed by atoms with Crippen LogP contribution < -0.4 is 11.1 Å². The van der Waals surface area contributed by atoms with Crippen molar-refractivity contribution < 1.29 is 4.79 Å². The molecule has 0 aromatic carbocycles. The Labute approximate surface area is 127 Å². The number of carbonyl (C=O) groups excluding carboxylic acids is 1. The van der Waals surface area contributed by atoms with Crippen molar-refractivity contribution in [1.82, 2.24) is 14.9 Å². The average molecular weight is 293 g/mol. The first-order valence-electron chi connectivity index (χ1n) is 7.44. The number of nitrogens with two attached hydrogens (primary N) is 1. The predicted molar refractivity (Wildman–Crippen MR) is 86.2 cm³/mol. The molecule has 6 heteroatoms. The highest BCUT2D eigenvalue weighted by Crippen LogP contribution is 2.21. The molecule has 0 bridgehead atoms. The molecule has 1 heterocycles. The third kappa shape index (κ3) is 5.21.